The molecule has 5 nitrogen and oxygen atoms in total. The Morgan fingerprint density at radius 3 is 3.00 bits per heavy atom. The maximum atomic E-state index is 11.3. The predicted octanol–water partition coefficient (Wildman–Crippen LogP) is 0.315. The number of hydrazone groups is 1. The number of fused-ring (bicyclic) bond motifs is 1. The van der Waals surface area contributed by atoms with Gasteiger partial charge in [0.25, 0.3) is 5.91 Å². The number of nitrogens with one attached hydrogen (secondary N) is 1. The fourth-order valence-corrected chi connectivity index (χ4v) is 1.51. The molecule has 2 aromatic rings. The second-order valence-corrected chi connectivity index (χ2v) is 4.06. The summed E-state index contributed by atoms with van der Waals surface area (Å²) in [5.41, 5.74) is 7.78. The summed E-state index contributed by atoms with van der Waals surface area (Å²) in [5, 5.41) is 4.95. The Kier molecular flexibility index (Phi) is 3.64. The van der Waals surface area contributed by atoms with E-state index >= 15 is 0 Å². The summed E-state index contributed by atoms with van der Waals surface area (Å²) in [7, 11) is 0. The summed E-state index contributed by atoms with van der Waals surface area (Å²) < 4.78 is 0. The number of aromatic nitrogens is 1. The largest absolute Gasteiger partial charge is 0.348 e. The molecular weight excluding hydrogens is 228 g/mol. The van der Waals surface area contributed by atoms with Gasteiger partial charge in [0.2, 0.25) is 0 Å². The Morgan fingerprint density at radius 1 is 1.44 bits per heavy atom. The van der Waals surface area contributed by atoms with E-state index in [-0.39, 0.29) is 11.9 Å². The maximum Gasteiger partial charge on any atom is 0.297 e. The molecule has 5 heteroatoms. The van der Waals surface area contributed by atoms with Crippen LogP contribution in [0.15, 0.2) is 41.6 Å². The van der Waals surface area contributed by atoms with Crippen LogP contribution in [-0.4, -0.2) is 23.1 Å². The van der Waals surface area contributed by atoms with Gasteiger partial charge in [0.05, 0.1) is 11.7 Å². The van der Waals surface area contributed by atoms with Crippen molar-refractivity contribution in [2.45, 2.75) is 13.0 Å². The molecule has 0 aliphatic heterocycles. The molecule has 0 radical (unpaired) electrons. The highest BCUT2D eigenvalue weighted by Gasteiger charge is 2.08. The Labute approximate surface area is 105 Å². The first-order valence-corrected chi connectivity index (χ1v) is 5.68. The number of carbonyl (C=O) groups is 1. The van der Waals surface area contributed by atoms with Gasteiger partial charge in [-0.25, -0.2) is 5.43 Å². The van der Waals surface area contributed by atoms with Crippen molar-refractivity contribution in [3.8, 4) is 0 Å². The quantitative estimate of drug-likeness (QED) is 0.601. The lowest BCUT2D eigenvalue weighted by atomic mass is 10.1. The van der Waals surface area contributed by atoms with Crippen molar-refractivity contribution in [2.75, 3.05) is 0 Å². The van der Waals surface area contributed by atoms with E-state index in [2.05, 4.69) is 21.2 Å². The number of benzene rings is 1. The molecule has 1 heterocycles. The Bertz CT molecular complexity index is 587. The van der Waals surface area contributed by atoms with Crippen molar-refractivity contribution in [3.05, 3.63) is 42.1 Å². The SMILES string of the molecule is C[C@H]([NH3+])C(=O)N/N=C\c1cccc2cccnc12. The predicted molar refractivity (Wildman–Crippen MR) is 69.8 cm³/mol. The first-order chi connectivity index (χ1) is 8.68. The van der Waals surface area contributed by atoms with Crippen LogP contribution >= 0.6 is 0 Å². The van der Waals surface area contributed by atoms with Gasteiger partial charge in [0.1, 0.15) is 0 Å². The van der Waals surface area contributed by atoms with E-state index in [4.69, 9.17) is 0 Å². The van der Waals surface area contributed by atoms with E-state index < -0.39 is 0 Å². The molecule has 1 atom stereocenters. The van der Waals surface area contributed by atoms with Gasteiger partial charge in [0.15, 0.2) is 6.04 Å². The average molecular weight is 243 g/mol. The van der Waals surface area contributed by atoms with Crippen molar-refractivity contribution in [1.82, 2.24) is 10.4 Å². The standard InChI is InChI=1S/C13H14N4O/c1-9(14)13(18)17-16-8-11-5-2-4-10-6-3-7-15-12(10)11/h2-9H,14H2,1H3,(H,17,18)/p+1/b16-8-/t9-/m0/s1. The highest BCUT2D eigenvalue weighted by molar-refractivity contribution is 5.97. The summed E-state index contributed by atoms with van der Waals surface area (Å²) in [4.78, 5) is 15.6. The van der Waals surface area contributed by atoms with Crippen LogP contribution in [0, 0.1) is 0 Å². The van der Waals surface area contributed by atoms with Crippen molar-refractivity contribution < 1.29 is 10.5 Å². The third-order valence-electron chi connectivity index (χ3n) is 2.49. The lowest BCUT2D eigenvalue weighted by molar-refractivity contribution is -0.398. The fraction of sp³-hybridized carbons (Fsp3) is 0.154. The molecule has 92 valence electrons. The van der Waals surface area contributed by atoms with Crippen LogP contribution in [0.4, 0.5) is 0 Å². The highest BCUT2D eigenvalue weighted by Crippen LogP contribution is 2.13. The van der Waals surface area contributed by atoms with E-state index in [0.717, 1.165) is 16.5 Å². The topological polar surface area (TPSA) is 82.0 Å². The summed E-state index contributed by atoms with van der Waals surface area (Å²) >= 11 is 0. The van der Waals surface area contributed by atoms with Gasteiger partial charge < -0.3 is 5.73 Å². The number of nitrogens with zero attached hydrogens (tertiary/aromatic N) is 2. The van der Waals surface area contributed by atoms with Crippen LogP contribution < -0.4 is 11.2 Å². The van der Waals surface area contributed by atoms with E-state index in [0.29, 0.717) is 0 Å². The van der Waals surface area contributed by atoms with Gasteiger partial charge in [-0.1, -0.05) is 24.3 Å². The Hall–Kier alpha value is -2.27. The first kappa shape index (κ1) is 12.2. The van der Waals surface area contributed by atoms with Crippen LogP contribution in [0.25, 0.3) is 10.9 Å². The number of carbonyl (C=O) groups excluding carboxylic acids is 1. The number of pyridine rings is 1. The molecule has 18 heavy (non-hydrogen) atoms. The Balaban J connectivity index is 2.22. The lowest BCUT2D eigenvalue weighted by Crippen LogP contribution is -2.65. The molecular formula is C13H15N4O+. The van der Waals surface area contributed by atoms with Gasteiger partial charge in [-0.2, -0.15) is 5.10 Å². The van der Waals surface area contributed by atoms with Crippen molar-refractivity contribution in [3.63, 3.8) is 0 Å². The van der Waals surface area contributed by atoms with Gasteiger partial charge in [-0.05, 0) is 13.0 Å². The van der Waals surface area contributed by atoms with E-state index in [9.17, 15) is 4.79 Å². The molecule has 4 N–H and O–H groups in total. The monoisotopic (exact) mass is 243 g/mol. The molecule has 1 aromatic carbocycles. The summed E-state index contributed by atoms with van der Waals surface area (Å²) in [6.07, 6.45) is 3.33. The molecule has 1 aromatic heterocycles. The summed E-state index contributed by atoms with van der Waals surface area (Å²) in [6.45, 7) is 1.71. The minimum Gasteiger partial charge on any atom is -0.348 e. The second-order valence-electron chi connectivity index (χ2n) is 4.06. The number of rotatable bonds is 3. The zero-order chi connectivity index (χ0) is 13.0. The molecule has 0 saturated carbocycles. The van der Waals surface area contributed by atoms with E-state index in [1.54, 1.807) is 19.3 Å². The number of hydrogen-bond donors (Lipinski definition) is 2. The molecule has 0 bridgehead atoms. The molecule has 0 saturated heterocycles. The van der Waals surface area contributed by atoms with Gasteiger partial charge in [-0.15, -0.1) is 0 Å². The first-order valence-electron chi connectivity index (χ1n) is 5.68. The summed E-state index contributed by atoms with van der Waals surface area (Å²) in [6, 6.07) is 9.35. The van der Waals surface area contributed by atoms with Crippen LogP contribution in [0.1, 0.15) is 12.5 Å². The molecule has 0 aliphatic rings. The average Bonchev–Trinajstić information content (AvgIpc) is 2.38. The molecule has 2 rings (SSSR count). The number of amides is 1. The van der Waals surface area contributed by atoms with Gasteiger partial charge in [0, 0.05) is 17.1 Å². The molecule has 0 fully saturated rings. The van der Waals surface area contributed by atoms with E-state index in [1.165, 1.54) is 0 Å². The normalized spacial score (nSPS) is 12.8. The maximum absolute atomic E-state index is 11.3. The number of quaternary nitrogens is 1. The third-order valence-corrected chi connectivity index (χ3v) is 2.49. The molecule has 1 amide bonds. The third kappa shape index (κ3) is 2.70. The zero-order valence-electron chi connectivity index (χ0n) is 10.1. The van der Waals surface area contributed by atoms with Gasteiger partial charge >= 0.3 is 0 Å². The van der Waals surface area contributed by atoms with Gasteiger partial charge in [-0.3, -0.25) is 9.78 Å². The van der Waals surface area contributed by atoms with E-state index in [1.807, 2.05) is 30.3 Å². The van der Waals surface area contributed by atoms with Crippen LogP contribution in [0.2, 0.25) is 0 Å². The van der Waals surface area contributed by atoms with Crippen molar-refractivity contribution in [1.29, 1.82) is 0 Å². The number of hydrogen-bond acceptors (Lipinski definition) is 3. The van der Waals surface area contributed by atoms with Crippen LogP contribution in [-0.2, 0) is 4.79 Å². The second kappa shape index (κ2) is 5.37. The molecule has 0 spiro atoms. The molecule has 0 unspecified atom stereocenters. The number of para-hydroxylation sites is 1. The van der Waals surface area contributed by atoms with Crippen LogP contribution in [0.3, 0.4) is 0 Å². The Morgan fingerprint density at radius 2 is 2.22 bits per heavy atom. The highest BCUT2D eigenvalue weighted by atomic mass is 16.2. The molecule has 0 aliphatic carbocycles. The van der Waals surface area contributed by atoms with Crippen molar-refractivity contribution >= 4 is 23.0 Å². The smallest absolute Gasteiger partial charge is 0.297 e. The fourth-order valence-electron chi connectivity index (χ4n) is 1.51. The summed E-state index contributed by atoms with van der Waals surface area (Å²) in [5.74, 6) is -0.209. The minimum atomic E-state index is -0.326. The lowest BCUT2D eigenvalue weighted by Gasteiger charge is -2.01. The van der Waals surface area contributed by atoms with Crippen LogP contribution in [0.5, 0.6) is 0 Å². The zero-order valence-corrected chi connectivity index (χ0v) is 10.1. The van der Waals surface area contributed by atoms with Crippen molar-refractivity contribution in [2.24, 2.45) is 5.10 Å². The minimum absolute atomic E-state index is 0.209.